The summed E-state index contributed by atoms with van der Waals surface area (Å²) in [6.07, 6.45) is 1.55. The molecule has 0 saturated carbocycles. The van der Waals surface area contributed by atoms with E-state index < -0.39 is 25.4 Å². The van der Waals surface area contributed by atoms with Gasteiger partial charge < -0.3 is 14.2 Å². The molecule has 0 aliphatic carbocycles. The van der Waals surface area contributed by atoms with Crippen LogP contribution in [0.25, 0.3) is 0 Å². The minimum atomic E-state index is -3.48. The quantitative estimate of drug-likeness (QED) is 0.493. The van der Waals surface area contributed by atoms with Gasteiger partial charge in [-0.2, -0.15) is 0 Å². The van der Waals surface area contributed by atoms with Crippen LogP contribution in [-0.4, -0.2) is 36.1 Å². The number of carboxylic acids is 1. The van der Waals surface area contributed by atoms with Crippen LogP contribution >= 0.6 is 7.60 Å². The van der Waals surface area contributed by atoms with Crippen LogP contribution in [0, 0.1) is 5.92 Å². The van der Waals surface area contributed by atoms with Crippen molar-refractivity contribution >= 4 is 13.6 Å². The van der Waals surface area contributed by atoms with Crippen LogP contribution in [0.15, 0.2) is 30.3 Å². The number of benzene rings is 1. The minimum Gasteiger partial charge on any atom is -0.480 e. The molecule has 1 unspecified atom stereocenters. The lowest BCUT2D eigenvalue weighted by Crippen LogP contribution is -2.44. The van der Waals surface area contributed by atoms with Crippen LogP contribution in [0.2, 0.25) is 0 Å². The molecular formula is C19H32NO5P. The Balaban J connectivity index is 3.01. The number of rotatable bonds is 13. The Labute approximate surface area is 156 Å². The molecular weight excluding hydrogens is 353 g/mol. The van der Waals surface area contributed by atoms with E-state index in [1.165, 1.54) is 0 Å². The first-order valence-corrected chi connectivity index (χ1v) is 10.8. The molecule has 0 aliphatic rings. The highest BCUT2D eigenvalue weighted by Crippen LogP contribution is 2.53. The molecule has 0 bridgehead atoms. The second kappa shape index (κ2) is 11.5. The van der Waals surface area contributed by atoms with Crippen molar-refractivity contribution in [2.24, 2.45) is 5.92 Å². The molecule has 0 amide bonds. The zero-order valence-corrected chi connectivity index (χ0v) is 17.1. The molecule has 148 valence electrons. The second-order valence-corrected chi connectivity index (χ2v) is 8.82. The summed E-state index contributed by atoms with van der Waals surface area (Å²) in [6.45, 7) is 7.90. The average Bonchev–Trinajstić information content (AvgIpc) is 2.58. The molecule has 0 spiro atoms. The van der Waals surface area contributed by atoms with Gasteiger partial charge in [-0.15, -0.1) is 0 Å². The maximum atomic E-state index is 13.3. The fourth-order valence-electron chi connectivity index (χ4n) is 2.80. The Bertz CT molecular complexity index is 569. The van der Waals surface area contributed by atoms with Crippen molar-refractivity contribution in [3.8, 4) is 0 Å². The first kappa shape index (κ1) is 22.8. The average molecular weight is 385 g/mol. The van der Waals surface area contributed by atoms with E-state index in [0.717, 1.165) is 5.56 Å². The van der Waals surface area contributed by atoms with Crippen molar-refractivity contribution in [2.45, 2.75) is 58.8 Å². The van der Waals surface area contributed by atoms with E-state index in [2.05, 4.69) is 5.32 Å². The Morgan fingerprint density at radius 1 is 1.15 bits per heavy atom. The topological polar surface area (TPSA) is 84.9 Å². The number of aliphatic carboxylic acids is 1. The lowest BCUT2D eigenvalue weighted by molar-refractivity contribution is -0.140. The lowest BCUT2D eigenvalue weighted by atomic mass is 10.0. The van der Waals surface area contributed by atoms with E-state index in [4.69, 9.17) is 9.05 Å². The van der Waals surface area contributed by atoms with Crippen LogP contribution in [0.1, 0.15) is 46.1 Å². The van der Waals surface area contributed by atoms with Gasteiger partial charge in [-0.1, -0.05) is 44.2 Å². The van der Waals surface area contributed by atoms with E-state index >= 15 is 0 Å². The summed E-state index contributed by atoms with van der Waals surface area (Å²) < 4.78 is 24.2. The van der Waals surface area contributed by atoms with Crippen LogP contribution in [-0.2, 0) is 24.8 Å². The van der Waals surface area contributed by atoms with Crippen LogP contribution in [0.5, 0.6) is 0 Å². The summed E-state index contributed by atoms with van der Waals surface area (Å²) in [5.74, 6) is -1.44. The monoisotopic (exact) mass is 385 g/mol. The molecule has 0 heterocycles. The third kappa shape index (κ3) is 7.58. The Morgan fingerprint density at radius 3 is 2.19 bits per heavy atom. The number of carboxylic acid groups (broad SMARTS) is 1. The summed E-state index contributed by atoms with van der Waals surface area (Å²) in [5.41, 5.74) is 1.09. The summed E-state index contributed by atoms with van der Waals surface area (Å²) in [6, 6.07) is 9.01. The molecule has 0 radical (unpaired) electrons. The molecule has 0 fully saturated rings. The van der Waals surface area contributed by atoms with E-state index in [-0.39, 0.29) is 19.1 Å². The third-order valence-electron chi connectivity index (χ3n) is 3.95. The van der Waals surface area contributed by atoms with Gasteiger partial charge in [0.1, 0.15) is 11.8 Å². The van der Waals surface area contributed by atoms with E-state index in [9.17, 15) is 14.5 Å². The molecule has 1 aromatic carbocycles. The van der Waals surface area contributed by atoms with Gasteiger partial charge in [0, 0.05) is 0 Å². The molecule has 1 aromatic rings. The van der Waals surface area contributed by atoms with Crippen molar-refractivity contribution in [1.29, 1.82) is 0 Å². The maximum Gasteiger partial charge on any atom is 0.347 e. The number of nitrogens with one attached hydrogen (secondary N) is 1. The van der Waals surface area contributed by atoms with E-state index in [1.807, 2.05) is 44.2 Å². The van der Waals surface area contributed by atoms with Crippen molar-refractivity contribution in [3.05, 3.63) is 35.9 Å². The molecule has 6 nitrogen and oxygen atoms in total. The summed E-state index contributed by atoms with van der Waals surface area (Å²) in [5, 5.41) is 12.6. The van der Waals surface area contributed by atoms with Crippen molar-refractivity contribution < 1.29 is 23.5 Å². The molecule has 0 aliphatic heterocycles. The number of hydrogen-bond acceptors (Lipinski definition) is 5. The molecule has 0 aromatic heterocycles. The standard InChI is InChI=1S/C19H32NO5P/c1-5-24-26(23,25-6-2)18(13-12-16-10-8-7-9-11-16)20-17(19(21)22)14-15(3)4/h7-11,15,17-18,20H,5-6,12-14H2,1-4H3,(H,21,22)/t17-,18?/m0/s1. The zero-order chi connectivity index (χ0) is 19.6. The number of hydrogen-bond donors (Lipinski definition) is 2. The normalized spacial score (nSPS) is 14.3. The second-order valence-electron chi connectivity index (χ2n) is 6.60. The van der Waals surface area contributed by atoms with Gasteiger partial charge >= 0.3 is 13.6 Å². The Hall–Kier alpha value is -1.20. The van der Waals surface area contributed by atoms with Crippen molar-refractivity contribution in [2.75, 3.05) is 13.2 Å². The third-order valence-corrected chi connectivity index (χ3v) is 6.35. The zero-order valence-electron chi connectivity index (χ0n) is 16.2. The smallest absolute Gasteiger partial charge is 0.347 e. The highest BCUT2D eigenvalue weighted by Gasteiger charge is 2.38. The van der Waals surface area contributed by atoms with Gasteiger partial charge in [0.05, 0.1) is 13.2 Å². The van der Waals surface area contributed by atoms with Crippen LogP contribution in [0.3, 0.4) is 0 Å². The molecule has 2 atom stereocenters. The Morgan fingerprint density at radius 2 is 1.73 bits per heavy atom. The number of carbonyl (C=O) groups is 1. The largest absolute Gasteiger partial charge is 0.480 e. The lowest BCUT2D eigenvalue weighted by Gasteiger charge is -2.30. The first-order valence-electron chi connectivity index (χ1n) is 9.23. The van der Waals surface area contributed by atoms with Gasteiger partial charge in [0.2, 0.25) is 0 Å². The molecule has 0 saturated heterocycles. The summed E-state index contributed by atoms with van der Waals surface area (Å²) in [4.78, 5) is 11.7. The SMILES string of the molecule is CCOP(=O)(OCC)C(CCc1ccccc1)N[C@@H](CC(C)C)C(=O)O. The van der Waals surface area contributed by atoms with E-state index in [0.29, 0.717) is 19.3 Å². The highest BCUT2D eigenvalue weighted by atomic mass is 31.2. The molecule has 1 rings (SSSR count). The van der Waals surface area contributed by atoms with Gasteiger partial charge in [-0.25, -0.2) is 0 Å². The molecule has 7 heteroatoms. The van der Waals surface area contributed by atoms with Gasteiger partial charge in [-0.3, -0.25) is 14.7 Å². The van der Waals surface area contributed by atoms with Crippen LogP contribution < -0.4 is 5.32 Å². The number of aryl methyl sites for hydroxylation is 1. The summed E-state index contributed by atoms with van der Waals surface area (Å²) in [7, 11) is -3.48. The van der Waals surface area contributed by atoms with Gasteiger partial charge in [0.25, 0.3) is 0 Å². The van der Waals surface area contributed by atoms with Gasteiger partial charge in [0.15, 0.2) is 0 Å². The maximum absolute atomic E-state index is 13.3. The van der Waals surface area contributed by atoms with Crippen molar-refractivity contribution in [1.82, 2.24) is 5.32 Å². The fraction of sp³-hybridized carbons (Fsp3) is 0.632. The first-order chi connectivity index (χ1) is 12.3. The fourth-order valence-corrected chi connectivity index (χ4v) is 4.76. The minimum absolute atomic E-state index is 0.192. The Kier molecular flexibility index (Phi) is 10.1. The predicted octanol–water partition coefficient (Wildman–Crippen LogP) is 4.30. The molecule has 26 heavy (non-hydrogen) atoms. The van der Waals surface area contributed by atoms with Crippen molar-refractivity contribution in [3.63, 3.8) is 0 Å². The predicted molar refractivity (Wildman–Crippen MR) is 103 cm³/mol. The van der Waals surface area contributed by atoms with Crippen LogP contribution in [0.4, 0.5) is 0 Å². The molecule has 2 N–H and O–H groups in total. The highest BCUT2D eigenvalue weighted by molar-refractivity contribution is 7.54. The van der Waals surface area contributed by atoms with E-state index in [1.54, 1.807) is 13.8 Å². The summed E-state index contributed by atoms with van der Waals surface area (Å²) >= 11 is 0. The van der Waals surface area contributed by atoms with Gasteiger partial charge in [-0.05, 0) is 44.6 Å².